The highest BCUT2D eigenvalue weighted by Gasteiger charge is 2.10. The van der Waals surface area contributed by atoms with Crippen LogP contribution < -0.4 is 10.6 Å². The molecule has 4 rings (SSSR count). The van der Waals surface area contributed by atoms with Crippen LogP contribution in [0.2, 0.25) is 0 Å². The number of benzene rings is 2. The van der Waals surface area contributed by atoms with Gasteiger partial charge in [0.1, 0.15) is 12.1 Å². The average Bonchev–Trinajstić information content (AvgIpc) is 2.79. The van der Waals surface area contributed by atoms with Gasteiger partial charge in [-0.2, -0.15) is 0 Å². The number of rotatable bonds is 4. The van der Waals surface area contributed by atoms with E-state index in [1.165, 1.54) is 0 Å². The summed E-state index contributed by atoms with van der Waals surface area (Å²) in [6.07, 6.45) is 4.33. The summed E-state index contributed by atoms with van der Waals surface area (Å²) in [5.41, 5.74) is 4.36. The highest BCUT2D eigenvalue weighted by atomic mass is 16.1. The van der Waals surface area contributed by atoms with Crippen LogP contribution in [0.1, 0.15) is 10.4 Å². The first-order valence-corrected chi connectivity index (χ1v) is 9.24. The smallest absolute Gasteiger partial charge is 0.163 e. The number of fused-ring (bicyclic) bond motifs is 1. The quantitative estimate of drug-likeness (QED) is 0.516. The summed E-state index contributed by atoms with van der Waals surface area (Å²) in [4.78, 5) is 24.5. The van der Waals surface area contributed by atoms with E-state index in [1.807, 2.05) is 69.7 Å². The average molecular weight is 385 g/mol. The summed E-state index contributed by atoms with van der Waals surface area (Å²) in [6, 6.07) is 17.3. The van der Waals surface area contributed by atoms with Gasteiger partial charge < -0.3 is 10.6 Å². The van der Waals surface area contributed by atoms with Gasteiger partial charge in [-0.25, -0.2) is 9.97 Å². The summed E-state index contributed by atoms with van der Waals surface area (Å²) in [7, 11) is 5.59. The lowest BCUT2D eigenvalue weighted by Crippen LogP contribution is -1.99. The molecule has 2 N–H and O–H groups in total. The Morgan fingerprint density at radius 3 is 2.31 bits per heavy atom. The standard InChI is InChI=1S/C21H16N4O.C2H7N/c1-22-21-18-11-16(15-5-2-4-14(10-15)13-26)7-8-19(18)24-20(25-21)17-6-3-9-23-12-17;1-3-2/h2-13H,1H3,(H,22,24,25);3H,1-2H3. The van der Waals surface area contributed by atoms with E-state index in [-0.39, 0.29) is 0 Å². The van der Waals surface area contributed by atoms with Gasteiger partial charge in [0.2, 0.25) is 0 Å². The molecular weight excluding hydrogens is 362 g/mol. The van der Waals surface area contributed by atoms with E-state index < -0.39 is 0 Å². The maximum Gasteiger partial charge on any atom is 0.163 e. The van der Waals surface area contributed by atoms with Gasteiger partial charge in [0.15, 0.2) is 5.82 Å². The SMILES string of the molecule is CNC.CNc1nc(-c2cccnc2)nc2ccc(-c3cccc(C=O)c3)cc12. The molecule has 0 aliphatic carbocycles. The van der Waals surface area contributed by atoms with Crippen molar-refractivity contribution >= 4 is 23.0 Å². The maximum atomic E-state index is 11.0. The van der Waals surface area contributed by atoms with Crippen molar-refractivity contribution in [3.8, 4) is 22.5 Å². The normalized spacial score (nSPS) is 10.2. The fraction of sp³-hybridized carbons (Fsp3) is 0.130. The minimum Gasteiger partial charge on any atom is -0.373 e. The molecule has 0 bridgehead atoms. The molecule has 29 heavy (non-hydrogen) atoms. The first kappa shape index (κ1) is 20.1. The van der Waals surface area contributed by atoms with Crippen molar-refractivity contribution in [2.45, 2.75) is 0 Å². The summed E-state index contributed by atoms with van der Waals surface area (Å²) >= 11 is 0. The summed E-state index contributed by atoms with van der Waals surface area (Å²) < 4.78 is 0. The van der Waals surface area contributed by atoms with E-state index in [0.717, 1.165) is 39.7 Å². The number of carbonyl (C=O) groups is 1. The van der Waals surface area contributed by atoms with Crippen LogP contribution >= 0.6 is 0 Å². The van der Waals surface area contributed by atoms with Crippen LogP contribution in [0.4, 0.5) is 5.82 Å². The Morgan fingerprint density at radius 1 is 0.862 bits per heavy atom. The fourth-order valence-electron chi connectivity index (χ4n) is 2.91. The number of anilines is 1. The van der Waals surface area contributed by atoms with Gasteiger partial charge in [-0.1, -0.05) is 24.3 Å². The molecule has 6 nitrogen and oxygen atoms in total. The number of carbonyl (C=O) groups excluding carboxylic acids is 1. The summed E-state index contributed by atoms with van der Waals surface area (Å²) in [6.45, 7) is 0. The molecule has 0 unspecified atom stereocenters. The van der Waals surface area contributed by atoms with Gasteiger partial charge in [-0.3, -0.25) is 9.78 Å². The Labute approximate surface area is 170 Å². The monoisotopic (exact) mass is 385 g/mol. The topological polar surface area (TPSA) is 79.8 Å². The van der Waals surface area contributed by atoms with E-state index in [9.17, 15) is 4.79 Å². The first-order valence-electron chi connectivity index (χ1n) is 9.24. The van der Waals surface area contributed by atoms with Crippen LogP contribution in [0.15, 0.2) is 67.0 Å². The molecular formula is C23H23N5O. The van der Waals surface area contributed by atoms with Crippen LogP contribution in [0, 0.1) is 0 Å². The zero-order valence-corrected chi connectivity index (χ0v) is 16.7. The third-order valence-corrected chi connectivity index (χ3v) is 4.21. The Balaban J connectivity index is 0.000000755. The van der Waals surface area contributed by atoms with Crippen LogP contribution in [0.25, 0.3) is 33.4 Å². The van der Waals surface area contributed by atoms with E-state index in [0.29, 0.717) is 11.4 Å². The highest BCUT2D eigenvalue weighted by molar-refractivity contribution is 5.94. The van der Waals surface area contributed by atoms with Crippen LogP contribution in [0.5, 0.6) is 0 Å². The third kappa shape index (κ3) is 4.62. The molecule has 2 heterocycles. The number of hydrogen-bond donors (Lipinski definition) is 2. The molecule has 0 aliphatic heterocycles. The Morgan fingerprint density at radius 2 is 1.62 bits per heavy atom. The van der Waals surface area contributed by atoms with Crippen molar-refractivity contribution in [1.82, 2.24) is 20.3 Å². The number of nitrogens with one attached hydrogen (secondary N) is 2. The zero-order chi connectivity index (χ0) is 20.6. The second kappa shape index (κ2) is 9.52. The minimum atomic E-state index is 0.630. The number of nitrogens with zero attached hydrogens (tertiary/aromatic N) is 3. The van der Waals surface area contributed by atoms with Crippen LogP contribution in [-0.2, 0) is 0 Å². The molecule has 2 aromatic heterocycles. The van der Waals surface area contributed by atoms with Crippen molar-refractivity contribution in [2.24, 2.45) is 0 Å². The van der Waals surface area contributed by atoms with Crippen molar-refractivity contribution in [3.05, 3.63) is 72.6 Å². The first-order chi connectivity index (χ1) is 14.2. The molecule has 0 fully saturated rings. The lowest BCUT2D eigenvalue weighted by Gasteiger charge is -2.10. The van der Waals surface area contributed by atoms with Gasteiger partial charge >= 0.3 is 0 Å². The van der Waals surface area contributed by atoms with Gasteiger partial charge in [0, 0.05) is 36.0 Å². The van der Waals surface area contributed by atoms with Gasteiger partial charge in [0.25, 0.3) is 0 Å². The Bertz CT molecular complexity index is 1110. The number of aldehydes is 1. The third-order valence-electron chi connectivity index (χ3n) is 4.21. The number of pyridine rings is 1. The molecule has 146 valence electrons. The lowest BCUT2D eigenvalue weighted by molar-refractivity contribution is 0.112. The summed E-state index contributed by atoms with van der Waals surface area (Å²) in [5.74, 6) is 1.38. The van der Waals surface area contributed by atoms with Crippen LogP contribution in [-0.4, -0.2) is 42.4 Å². The van der Waals surface area contributed by atoms with E-state index in [4.69, 9.17) is 0 Å². The van der Waals surface area contributed by atoms with Gasteiger partial charge in [0.05, 0.1) is 5.52 Å². The van der Waals surface area contributed by atoms with E-state index in [2.05, 4.69) is 25.6 Å². The second-order valence-electron chi connectivity index (χ2n) is 6.36. The zero-order valence-electron chi connectivity index (χ0n) is 16.7. The predicted octanol–water partition coefficient (Wildman–Crippen LogP) is 4.05. The molecule has 2 aromatic carbocycles. The molecule has 0 spiro atoms. The molecule has 6 heteroatoms. The minimum absolute atomic E-state index is 0.630. The number of aromatic nitrogens is 3. The number of hydrogen-bond acceptors (Lipinski definition) is 6. The maximum absolute atomic E-state index is 11.0. The van der Waals surface area contributed by atoms with E-state index in [1.54, 1.807) is 18.5 Å². The van der Waals surface area contributed by atoms with E-state index >= 15 is 0 Å². The molecule has 0 amide bonds. The molecule has 0 aliphatic rings. The van der Waals surface area contributed by atoms with Crippen LogP contribution in [0.3, 0.4) is 0 Å². The highest BCUT2D eigenvalue weighted by Crippen LogP contribution is 2.29. The fourth-order valence-corrected chi connectivity index (χ4v) is 2.91. The Hall–Kier alpha value is -3.64. The molecule has 0 saturated carbocycles. The van der Waals surface area contributed by atoms with Gasteiger partial charge in [-0.15, -0.1) is 0 Å². The molecule has 0 atom stereocenters. The van der Waals surface area contributed by atoms with Crippen molar-refractivity contribution in [2.75, 3.05) is 26.5 Å². The van der Waals surface area contributed by atoms with Crippen molar-refractivity contribution < 1.29 is 4.79 Å². The summed E-state index contributed by atoms with van der Waals surface area (Å²) in [5, 5.41) is 6.83. The largest absolute Gasteiger partial charge is 0.373 e. The predicted molar refractivity (Wildman–Crippen MR) is 118 cm³/mol. The molecule has 0 radical (unpaired) electrons. The Kier molecular flexibility index (Phi) is 6.60. The van der Waals surface area contributed by atoms with Crippen molar-refractivity contribution in [1.29, 1.82) is 0 Å². The van der Waals surface area contributed by atoms with Crippen molar-refractivity contribution in [3.63, 3.8) is 0 Å². The molecule has 4 aromatic rings. The second-order valence-corrected chi connectivity index (χ2v) is 6.36. The lowest BCUT2D eigenvalue weighted by atomic mass is 10.0. The molecule has 0 saturated heterocycles. The van der Waals surface area contributed by atoms with Gasteiger partial charge in [-0.05, 0) is 55.6 Å².